The standard InChI is InChI=1S/C15H12F3NO3/c1-21-12-4-9(5-13(6-12)22-2)14-10(8-20)3-11(7-19-14)15(16,17)18/h3-8H,1-2H3. The van der Waals surface area contributed by atoms with Crippen molar-refractivity contribution in [3.05, 3.63) is 41.6 Å². The van der Waals surface area contributed by atoms with E-state index in [4.69, 9.17) is 9.47 Å². The summed E-state index contributed by atoms with van der Waals surface area (Å²) in [5, 5.41) is 0. The highest BCUT2D eigenvalue weighted by molar-refractivity contribution is 5.86. The van der Waals surface area contributed by atoms with Crippen LogP contribution in [0, 0.1) is 0 Å². The van der Waals surface area contributed by atoms with Crippen LogP contribution in [-0.4, -0.2) is 25.5 Å². The minimum atomic E-state index is -4.56. The third kappa shape index (κ3) is 3.19. The molecule has 0 saturated carbocycles. The van der Waals surface area contributed by atoms with E-state index in [-0.39, 0.29) is 11.3 Å². The second-order valence-corrected chi connectivity index (χ2v) is 4.38. The lowest BCUT2D eigenvalue weighted by Gasteiger charge is -2.12. The number of hydrogen-bond donors (Lipinski definition) is 0. The Morgan fingerprint density at radius 3 is 2.09 bits per heavy atom. The smallest absolute Gasteiger partial charge is 0.417 e. The quantitative estimate of drug-likeness (QED) is 0.810. The van der Waals surface area contributed by atoms with Gasteiger partial charge in [-0.15, -0.1) is 0 Å². The molecule has 1 aromatic heterocycles. The first-order chi connectivity index (χ1) is 10.4. The molecule has 4 nitrogen and oxygen atoms in total. The summed E-state index contributed by atoms with van der Waals surface area (Å²) in [6.45, 7) is 0. The van der Waals surface area contributed by atoms with E-state index < -0.39 is 11.7 Å². The Labute approximate surface area is 124 Å². The van der Waals surface area contributed by atoms with Gasteiger partial charge in [-0.2, -0.15) is 13.2 Å². The Morgan fingerprint density at radius 1 is 1.05 bits per heavy atom. The Morgan fingerprint density at radius 2 is 1.64 bits per heavy atom. The highest BCUT2D eigenvalue weighted by atomic mass is 19.4. The maximum Gasteiger partial charge on any atom is 0.417 e. The molecule has 0 bridgehead atoms. The molecule has 0 aliphatic carbocycles. The number of hydrogen-bond acceptors (Lipinski definition) is 4. The van der Waals surface area contributed by atoms with E-state index in [1.54, 1.807) is 18.2 Å². The number of aromatic nitrogens is 1. The van der Waals surface area contributed by atoms with E-state index in [2.05, 4.69) is 4.98 Å². The summed E-state index contributed by atoms with van der Waals surface area (Å²) in [6, 6.07) is 5.49. The van der Waals surface area contributed by atoms with Crippen molar-refractivity contribution < 1.29 is 27.4 Å². The van der Waals surface area contributed by atoms with E-state index in [9.17, 15) is 18.0 Å². The molecule has 0 unspecified atom stereocenters. The number of halogens is 3. The van der Waals surface area contributed by atoms with Gasteiger partial charge in [0.05, 0.1) is 25.5 Å². The highest BCUT2D eigenvalue weighted by Gasteiger charge is 2.31. The van der Waals surface area contributed by atoms with E-state index in [1.807, 2.05) is 0 Å². The van der Waals surface area contributed by atoms with Gasteiger partial charge in [0, 0.05) is 23.4 Å². The predicted molar refractivity (Wildman–Crippen MR) is 73.2 cm³/mol. The molecule has 0 saturated heterocycles. The van der Waals surface area contributed by atoms with Crippen molar-refractivity contribution in [2.75, 3.05) is 14.2 Å². The van der Waals surface area contributed by atoms with Gasteiger partial charge in [-0.1, -0.05) is 0 Å². The number of rotatable bonds is 4. The molecule has 0 fully saturated rings. The maximum absolute atomic E-state index is 12.7. The van der Waals surface area contributed by atoms with Crippen molar-refractivity contribution in [1.29, 1.82) is 0 Å². The average Bonchev–Trinajstić information content (AvgIpc) is 2.52. The molecular formula is C15H12F3NO3. The van der Waals surface area contributed by atoms with E-state index in [0.717, 1.165) is 6.07 Å². The number of alkyl halides is 3. The molecule has 0 radical (unpaired) electrons. The Kier molecular flexibility index (Phi) is 4.35. The molecule has 0 aliphatic heterocycles. The van der Waals surface area contributed by atoms with Crippen LogP contribution in [0.3, 0.4) is 0 Å². The number of pyridine rings is 1. The molecule has 22 heavy (non-hydrogen) atoms. The van der Waals surface area contributed by atoms with Gasteiger partial charge >= 0.3 is 6.18 Å². The lowest BCUT2D eigenvalue weighted by atomic mass is 10.0. The van der Waals surface area contributed by atoms with Gasteiger partial charge in [-0.25, -0.2) is 0 Å². The lowest BCUT2D eigenvalue weighted by molar-refractivity contribution is -0.137. The normalized spacial score (nSPS) is 11.1. The number of aldehydes is 1. The van der Waals surface area contributed by atoms with Crippen LogP contribution < -0.4 is 9.47 Å². The molecule has 0 aliphatic rings. The number of ether oxygens (including phenoxy) is 2. The largest absolute Gasteiger partial charge is 0.497 e. The molecule has 0 N–H and O–H groups in total. The van der Waals surface area contributed by atoms with Crippen LogP contribution in [0.15, 0.2) is 30.5 Å². The summed E-state index contributed by atoms with van der Waals surface area (Å²) in [4.78, 5) is 14.9. The van der Waals surface area contributed by atoms with Crippen LogP contribution in [0.25, 0.3) is 11.3 Å². The SMILES string of the molecule is COc1cc(OC)cc(-c2ncc(C(F)(F)F)cc2C=O)c1. The summed E-state index contributed by atoms with van der Waals surface area (Å²) in [5.41, 5.74) is -0.592. The van der Waals surface area contributed by atoms with Gasteiger partial charge in [0.2, 0.25) is 0 Å². The van der Waals surface area contributed by atoms with Crippen LogP contribution in [0.5, 0.6) is 11.5 Å². The van der Waals surface area contributed by atoms with Crippen LogP contribution in [0.4, 0.5) is 13.2 Å². The fourth-order valence-corrected chi connectivity index (χ4v) is 1.91. The monoisotopic (exact) mass is 311 g/mol. The molecule has 0 amide bonds. The Bertz CT molecular complexity index is 677. The predicted octanol–water partition coefficient (Wildman–Crippen LogP) is 3.60. The first kappa shape index (κ1) is 15.8. The van der Waals surface area contributed by atoms with Crippen molar-refractivity contribution in [3.63, 3.8) is 0 Å². The maximum atomic E-state index is 12.7. The second kappa shape index (κ2) is 6.05. The molecule has 2 rings (SSSR count). The minimum Gasteiger partial charge on any atom is -0.497 e. The third-order valence-corrected chi connectivity index (χ3v) is 3.00. The summed E-state index contributed by atoms with van der Waals surface area (Å²) >= 11 is 0. The number of carbonyl (C=O) groups is 1. The average molecular weight is 311 g/mol. The fraction of sp³-hybridized carbons (Fsp3) is 0.200. The van der Waals surface area contributed by atoms with Crippen LogP contribution in [0.2, 0.25) is 0 Å². The molecule has 116 valence electrons. The summed E-state index contributed by atoms with van der Waals surface area (Å²) in [6.07, 6.45) is -3.53. The van der Waals surface area contributed by atoms with E-state index >= 15 is 0 Å². The van der Waals surface area contributed by atoms with Gasteiger partial charge in [-0.05, 0) is 18.2 Å². The van der Waals surface area contributed by atoms with Crippen molar-refractivity contribution in [3.8, 4) is 22.8 Å². The number of benzene rings is 1. The van der Waals surface area contributed by atoms with Crippen molar-refractivity contribution in [2.45, 2.75) is 6.18 Å². The minimum absolute atomic E-state index is 0.125. The van der Waals surface area contributed by atoms with Crippen molar-refractivity contribution in [2.24, 2.45) is 0 Å². The van der Waals surface area contributed by atoms with Gasteiger partial charge < -0.3 is 9.47 Å². The fourth-order valence-electron chi connectivity index (χ4n) is 1.91. The summed E-state index contributed by atoms with van der Waals surface area (Å²) in [7, 11) is 2.89. The number of methoxy groups -OCH3 is 2. The van der Waals surface area contributed by atoms with Crippen molar-refractivity contribution >= 4 is 6.29 Å². The van der Waals surface area contributed by atoms with E-state index in [1.165, 1.54) is 14.2 Å². The van der Waals surface area contributed by atoms with Gasteiger partial charge in [0.1, 0.15) is 11.5 Å². The van der Waals surface area contributed by atoms with Gasteiger partial charge in [-0.3, -0.25) is 9.78 Å². The van der Waals surface area contributed by atoms with Crippen LogP contribution in [-0.2, 0) is 6.18 Å². The van der Waals surface area contributed by atoms with Crippen LogP contribution >= 0.6 is 0 Å². The Balaban J connectivity index is 2.59. The zero-order valence-corrected chi connectivity index (χ0v) is 11.8. The van der Waals surface area contributed by atoms with Gasteiger partial charge in [0.15, 0.2) is 6.29 Å². The summed E-state index contributed by atoms with van der Waals surface area (Å²) in [5.74, 6) is 0.876. The molecule has 0 atom stereocenters. The summed E-state index contributed by atoms with van der Waals surface area (Å²) < 4.78 is 48.2. The third-order valence-electron chi connectivity index (χ3n) is 3.00. The zero-order valence-electron chi connectivity index (χ0n) is 11.8. The topological polar surface area (TPSA) is 48.4 Å². The van der Waals surface area contributed by atoms with E-state index in [0.29, 0.717) is 29.5 Å². The zero-order chi connectivity index (χ0) is 16.3. The van der Waals surface area contributed by atoms with Gasteiger partial charge in [0.25, 0.3) is 0 Å². The molecule has 7 heteroatoms. The number of nitrogens with zero attached hydrogens (tertiary/aromatic N) is 1. The lowest BCUT2D eigenvalue weighted by Crippen LogP contribution is -2.07. The second-order valence-electron chi connectivity index (χ2n) is 4.38. The first-order valence-corrected chi connectivity index (χ1v) is 6.15. The first-order valence-electron chi connectivity index (χ1n) is 6.15. The van der Waals surface area contributed by atoms with Crippen LogP contribution in [0.1, 0.15) is 15.9 Å². The van der Waals surface area contributed by atoms with Crippen molar-refractivity contribution in [1.82, 2.24) is 4.98 Å². The molecule has 0 spiro atoms. The highest BCUT2D eigenvalue weighted by Crippen LogP contribution is 2.34. The number of carbonyl (C=O) groups excluding carboxylic acids is 1. The molecular weight excluding hydrogens is 299 g/mol. The molecule has 2 aromatic rings. The molecule has 1 aromatic carbocycles. The Hall–Kier alpha value is -2.57. The molecule has 1 heterocycles.